The number of sulfone groups is 1. The molecule has 0 spiro atoms. The summed E-state index contributed by atoms with van der Waals surface area (Å²) in [5.74, 6) is 2.55. The van der Waals surface area contributed by atoms with E-state index in [0.717, 1.165) is 44.3 Å². The Morgan fingerprint density at radius 3 is 2.31 bits per heavy atom. The number of methoxy groups -OCH3 is 1. The third-order valence-corrected chi connectivity index (χ3v) is 18.7. The lowest BCUT2D eigenvalue weighted by Gasteiger charge is -2.72. The summed E-state index contributed by atoms with van der Waals surface area (Å²) >= 11 is 0. The fraction of sp³-hybridized carbons (Fsp3) is 0.773. The van der Waals surface area contributed by atoms with Gasteiger partial charge in [-0.25, -0.2) is 12.8 Å². The lowest BCUT2D eigenvalue weighted by atomic mass is 9.33. The Hall–Kier alpha value is -2.39. The summed E-state index contributed by atoms with van der Waals surface area (Å²) in [4.78, 5) is 31.7. The number of aryl methyl sites for hydroxylation is 1. The largest absolute Gasteiger partial charge is 0.469 e. The van der Waals surface area contributed by atoms with Gasteiger partial charge in [0.05, 0.1) is 24.5 Å². The van der Waals surface area contributed by atoms with Gasteiger partial charge in [0.25, 0.3) is 0 Å². The van der Waals surface area contributed by atoms with Crippen LogP contribution in [-0.2, 0) is 29.0 Å². The summed E-state index contributed by atoms with van der Waals surface area (Å²) in [6.45, 7) is 19.7. The fourth-order valence-electron chi connectivity index (χ4n) is 14.2. The van der Waals surface area contributed by atoms with Crippen LogP contribution in [0.25, 0.3) is 5.57 Å². The maximum atomic E-state index is 14.8. The van der Waals surface area contributed by atoms with Crippen molar-refractivity contribution in [1.82, 2.24) is 10.2 Å². The van der Waals surface area contributed by atoms with Crippen LogP contribution < -0.4 is 5.32 Å². The first kappa shape index (κ1) is 41.2. The van der Waals surface area contributed by atoms with E-state index in [1.165, 1.54) is 44.8 Å². The minimum Gasteiger partial charge on any atom is -0.469 e. The number of benzene rings is 1. The Labute approximate surface area is 323 Å². The molecule has 5 fully saturated rings. The molecule has 54 heavy (non-hydrogen) atoms. The summed E-state index contributed by atoms with van der Waals surface area (Å²) in [7, 11) is -1.36. The Morgan fingerprint density at radius 1 is 0.981 bits per heavy atom. The number of nitrogens with zero attached hydrogens (tertiary/aromatic N) is 1. The van der Waals surface area contributed by atoms with E-state index in [4.69, 9.17) is 14.3 Å². The second-order valence-electron chi connectivity index (χ2n) is 19.4. The van der Waals surface area contributed by atoms with Crippen molar-refractivity contribution in [3.63, 3.8) is 0 Å². The van der Waals surface area contributed by atoms with Gasteiger partial charge in [-0.15, -0.1) is 0 Å². The number of esters is 1. The first-order chi connectivity index (χ1) is 25.3. The minimum absolute atomic E-state index is 0.00291. The van der Waals surface area contributed by atoms with E-state index < -0.39 is 9.84 Å². The van der Waals surface area contributed by atoms with E-state index in [9.17, 15) is 17.6 Å². The van der Waals surface area contributed by atoms with Crippen molar-refractivity contribution in [2.45, 2.75) is 112 Å². The summed E-state index contributed by atoms with van der Waals surface area (Å²) in [6.07, 6.45) is 13.1. The molecule has 1 aliphatic heterocycles. The van der Waals surface area contributed by atoms with Gasteiger partial charge in [-0.05, 0) is 139 Å². The van der Waals surface area contributed by atoms with E-state index in [1.807, 2.05) is 13.0 Å². The number of nitrogens with one attached hydrogen (secondary N) is 1. The number of rotatable bonds is 7. The van der Waals surface area contributed by atoms with Crippen molar-refractivity contribution in [3.05, 3.63) is 41.2 Å². The van der Waals surface area contributed by atoms with Gasteiger partial charge in [0.2, 0.25) is 0 Å². The van der Waals surface area contributed by atoms with Crippen LogP contribution in [0.1, 0.15) is 110 Å². The molecule has 1 saturated heterocycles. The Bertz CT molecular complexity index is 1760. The van der Waals surface area contributed by atoms with E-state index in [-0.39, 0.29) is 68.5 Å². The van der Waals surface area contributed by atoms with E-state index in [2.05, 4.69) is 63.9 Å². The molecule has 6 aliphatic rings. The molecule has 1 aromatic rings. The standard InChI is InChI=1S/C43H65FN2O4S.CO2/c1-28-9-10-30(27-34(28)44)32-14-16-40(5)35(39(32,3)4)15-17-42(7)36(40)12-11-33-37-31(29(2)38(47)50-8)13-18-43(37,20-19-41(33,42)6)45-21-22-46-23-25-51(48,49)26-24-46;2-1-3/h9-10,14,27,29,31,33,35-37,45H,11-13,15-26H2,1-8H3;/t29?,31-,33+,35-,36+,37+,40-,41+,42+,43-;/m0./s1. The zero-order valence-corrected chi connectivity index (χ0v) is 34.9. The Kier molecular flexibility index (Phi) is 11.3. The van der Waals surface area contributed by atoms with Gasteiger partial charge in [0, 0.05) is 31.7 Å². The van der Waals surface area contributed by atoms with Gasteiger partial charge >= 0.3 is 12.1 Å². The quantitative estimate of drug-likeness (QED) is 0.284. The van der Waals surface area contributed by atoms with Crippen molar-refractivity contribution in [2.75, 3.05) is 44.8 Å². The van der Waals surface area contributed by atoms with E-state index in [1.54, 1.807) is 6.07 Å². The van der Waals surface area contributed by atoms with Crippen LogP contribution in [0.15, 0.2) is 24.3 Å². The molecule has 0 bridgehead atoms. The smallest absolute Gasteiger partial charge is 0.373 e. The van der Waals surface area contributed by atoms with Crippen LogP contribution in [0.2, 0.25) is 0 Å². The summed E-state index contributed by atoms with van der Waals surface area (Å²) in [5.41, 5.74) is 3.52. The molecule has 1 unspecified atom stereocenters. The predicted molar refractivity (Wildman–Crippen MR) is 208 cm³/mol. The van der Waals surface area contributed by atoms with Gasteiger partial charge in [0.1, 0.15) is 5.82 Å². The van der Waals surface area contributed by atoms with Crippen LogP contribution in [0.5, 0.6) is 0 Å². The molecule has 0 aromatic heterocycles. The number of ether oxygens (including phenoxy) is 1. The molecular formula is C44H65FN2O6S. The highest BCUT2D eigenvalue weighted by Crippen LogP contribution is 2.76. The molecule has 7 rings (SSSR count). The highest BCUT2D eigenvalue weighted by molar-refractivity contribution is 7.91. The number of carbonyl (C=O) groups is 1. The molecule has 10 atom stereocenters. The maximum absolute atomic E-state index is 14.8. The summed E-state index contributed by atoms with van der Waals surface area (Å²) < 4.78 is 44.3. The van der Waals surface area contributed by atoms with Crippen molar-refractivity contribution >= 4 is 27.5 Å². The zero-order valence-electron chi connectivity index (χ0n) is 34.1. The zero-order chi connectivity index (χ0) is 39.5. The number of carbonyl (C=O) groups excluding carboxylic acids is 3. The average molecular weight is 769 g/mol. The van der Waals surface area contributed by atoms with Crippen LogP contribution in [0.4, 0.5) is 4.39 Å². The average Bonchev–Trinajstić information content (AvgIpc) is 3.49. The van der Waals surface area contributed by atoms with Crippen molar-refractivity contribution in [2.24, 2.45) is 57.2 Å². The minimum atomic E-state index is -2.90. The monoisotopic (exact) mass is 768 g/mol. The van der Waals surface area contributed by atoms with Gasteiger partial charge in [0.15, 0.2) is 9.84 Å². The molecule has 0 amide bonds. The maximum Gasteiger partial charge on any atom is 0.373 e. The van der Waals surface area contributed by atoms with Crippen molar-refractivity contribution in [3.8, 4) is 0 Å². The molecule has 0 radical (unpaired) electrons. The molecule has 1 heterocycles. The lowest BCUT2D eigenvalue weighted by Crippen LogP contribution is -2.68. The lowest BCUT2D eigenvalue weighted by molar-refractivity contribution is -0.222. The Balaban J connectivity index is 0.00000160. The highest BCUT2D eigenvalue weighted by atomic mass is 32.2. The van der Waals surface area contributed by atoms with E-state index in [0.29, 0.717) is 42.3 Å². The second-order valence-corrected chi connectivity index (χ2v) is 21.7. The van der Waals surface area contributed by atoms with Gasteiger partial charge in [-0.2, -0.15) is 9.59 Å². The fourth-order valence-corrected chi connectivity index (χ4v) is 15.4. The van der Waals surface area contributed by atoms with Gasteiger partial charge in [-0.3, -0.25) is 4.79 Å². The predicted octanol–water partition coefficient (Wildman–Crippen LogP) is 7.51. The van der Waals surface area contributed by atoms with Crippen LogP contribution in [0, 0.1) is 69.9 Å². The molecule has 1 aromatic carbocycles. The van der Waals surface area contributed by atoms with Crippen LogP contribution in [-0.4, -0.2) is 75.8 Å². The third-order valence-electron chi connectivity index (χ3n) is 17.1. The van der Waals surface area contributed by atoms with E-state index >= 15 is 0 Å². The number of hydrogen-bond acceptors (Lipinski definition) is 8. The second kappa shape index (κ2) is 14.8. The third kappa shape index (κ3) is 6.67. The molecule has 1 N–H and O–H groups in total. The van der Waals surface area contributed by atoms with Crippen LogP contribution >= 0.6 is 0 Å². The first-order valence-corrected chi connectivity index (χ1v) is 22.4. The number of halogens is 1. The van der Waals surface area contributed by atoms with Gasteiger partial charge in [-0.1, -0.05) is 59.8 Å². The number of fused-ring (bicyclic) bond motifs is 7. The first-order valence-electron chi connectivity index (χ1n) is 20.6. The molecule has 300 valence electrons. The SMILES string of the molecule is COC(=O)C(C)[C@@H]1CC[C@]2(NCCN3CCS(=O)(=O)CC3)CC[C@]3(C)[C@H](CC[C@@H]4[C@@]5(C)CC=C(c6ccc(C)c(F)c6)C(C)(C)[C@@H]5CC[C@]43C)[C@@H]12.O=C=O. The highest BCUT2D eigenvalue weighted by Gasteiger charge is 2.70. The molecule has 10 heteroatoms. The molecular weight excluding hydrogens is 704 g/mol. The molecule has 5 aliphatic carbocycles. The van der Waals surface area contributed by atoms with Crippen molar-refractivity contribution < 1.29 is 31.9 Å². The summed E-state index contributed by atoms with van der Waals surface area (Å²) in [5, 5.41) is 4.16. The van der Waals surface area contributed by atoms with Crippen LogP contribution in [0.3, 0.4) is 0 Å². The molecule has 8 nitrogen and oxygen atoms in total. The summed E-state index contributed by atoms with van der Waals surface area (Å²) in [6, 6.07) is 5.82. The molecule has 4 saturated carbocycles. The van der Waals surface area contributed by atoms with Gasteiger partial charge < -0.3 is 15.0 Å². The normalized spacial score (nSPS) is 39.9. The van der Waals surface area contributed by atoms with Crippen molar-refractivity contribution in [1.29, 1.82) is 0 Å². The Morgan fingerprint density at radius 2 is 1.67 bits per heavy atom. The topological polar surface area (TPSA) is 110 Å². The number of hydrogen-bond donors (Lipinski definition) is 1. The number of allylic oxidation sites excluding steroid dienone is 2.